The third kappa shape index (κ3) is 3.92. The molecule has 1 N–H and O–H groups in total. The summed E-state index contributed by atoms with van der Waals surface area (Å²) in [6, 6.07) is 2.18. The molecule has 1 unspecified atom stereocenters. The minimum Gasteiger partial charge on any atom is -0.339 e. The van der Waals surface area contributed by atoms with Gasteiger partial charge in [0.2, 0.25) is 5.91 Å². The molecular formula is C13H20ClN3OS. The molecule has 0 saturated carbocycles. The van der Waals surface area contributed by atoms with E-state index in [1.54, 1.807) is 0 Å². The average molecular weight is 302 g/mol. The number of amides is 1. The van der Waals surface area contributed by atoms with Crippen molar-refractivity contribution in [2.45, 2.75) is 13.0 Å². The number of carbonyl (C=O) groups is 1. The molecule has 1 fully saturated rings. The number of piperazine rings is 1. The van der Waals surface area contributed by atoms with Crippen molar-refractivity contribution in [3.63, 3.8) is 0 Å². The van der Waals surface area contributed by atoms with Crippen molar-refractivity contribution in [1.29, 1.82) is 0 Å². The Kier molecular flexibility index (Phi) is 5.21. The molecule has 1 atom stereocenters. The molecular weight excluding hydrogens is 282 g/mol. The quantitative estimate of drug-likeness (QED) is 0.921. The van der Waals surface area contributed by atoms with Crippen LogP contribution in [0.1, 0.15) is 18.5 Å². The van der Waals surface area contributed by atoms with Gasteiger partial charge in [-0.25, -0.2) is 0 Å². The minimum absolute atomic E-state index is 0.204. The van der Waals surface area contributed by atoms with Crippen molar-refractivity contribution in [2.75, 3.05) is 39.8 Å². The lowest BCUT2D eigenvalue weighted by Crippen LogP contribution is -2.49. The third-order valence-corrected chi connectivity index (χ3v) is 4.70. The normalized spacial score (nSPS) is 17.8. The minimum atomic E-state index is 0.204. The van der Waals surface area contributed by atoms with Crippen LogP contribution in [-0.4, -0.2) is 55.5 Å². The zero-order valence-electron chi connectivity index (χ0n) is 11.4. The Bertz CT molecular complexity index is 431. The van der Waals surface area contributed by atoms with Gasteiger partial charge in [-0.2, -0.15) is 0 Å². The van der Waals surface area contributed by atoms with Gasteiger partial charge >= 0.3 is 0 Å². The van der Waals surface area contributed by atoms with Gasteiger partial charge in [-0.3, -0.25) is 9.69 Å². The molecule has 106 valence electrons. The molecule has 0 radical (unpaired) electrons. The summed E-state index contributed by atoms with van der Waals surface area (Å²) in [6.45, 7) is 5.96. The van der Waals surface area contributed by atoms with Crippen LogP contribution in [0, 0.1) is 0 Å². The van der Waals surface area contributed by atoms with Crippen molar-refractivity contribution in [2.24, 2.45) is 0 Å². The number of nitrogens with zero attached hydrogens (tertiary/aromatic N) is 2. The Morgan fingerprint density at radius 3 is 2.84 bits per heavy atom. The summed E-state index contributed by atoms with van der Waals surface area (Å²) in [5.41, 5.74) is 1.17. The number of nitrogens with one attached hydrogen (secondary N) is 1. The summed E-state index contributed by atoms with van der Waals surface area (Å²) in [6.07, 6.45) is 0. The first-order valence-electron chi connectivity index (χ1n) is 6.50. The van der Waals surface area contributed by atoms with Gasteiger partial charge < -0.3 is 10.2 Å². The topological polar surface area (TPSA) is 35.6 Å². The molecule has 0 aromatic carbocycles. The second-order valence-corrected chi connectivity index (χ2v) is 6.45. The Balaban J connectivity index is 1.89. The number of hydrogen-bond donors (Lipinski definition) is 1. The van der Waals surface area contributed by atoms with Gasteiger partial charge in [0, 0.05) is 32.2 Å². The van der Waals surface area contributed by atoms with E-state index < -0.39 is 0 Å². The predicted molar refractivity (Wildman–Crippen MR) is 79.8 cm³/mol. The van der Waals surface area contributed by atoms with E-state index in [4.69, 9.17) is 11.6 Å². The van der Waals surface area contributed by atoms with E-state index >= 15 is 0 Å². The summed E-state index contributed by atoms with van der Waals surface area (Å²) in [4.78, 5) is 16.2. The number of thiophene rings is 1. The van der Waals surface area contributed by atoms with Crippen molar-refractivity contribution in [3.8, 4) is 0 Å². The molecule has 19 heavy (non-hydrogen) atoms. The second-order valence-electron chi connectivity index (χ2n) is 4.91. The van der Waals surface area contributed by atoms with Gasteiger partial charge in [0.1, 0.15) is 0 Å². The largest absolute Gasteiger partial charge is 0.339 e. The second kappa shape index (κ2) is 6.70. The number of hydrogen-bond acceptors (Lipinski definition) is 4. The van der Waals surface area contributed by atoms with Crippen LogP contribution in [0.5, 0.6) is 0 Å². The molecule has 0 aliphatic carbocycles. The predicted octanol–water partition coefficient (Wildman–Crippen LogP) is 1.83. The lowest BCUT2D eigenvalue weighted by molar-refractivity contribution is -0.133. The van der Waals surface area contributed by atoms with Crippen LogP contribution in [0.4, 0.5) is 0 Å². The van der Waals surface area contributed by atoms with Crippen molar-refractivity contribution in [1.82, 2.24) is 15.1 Å². The molecule has 1 saturated heterocycles. The maximum absolute atomic E-state index is 12.2. The van der Waals surface area contributed by atoms with E-state index in [1.807, 2.05) is 18.0 Å². The lowest BCUT2D eigenvalue weighted by atomic mass is 10.1. The highest BCUT2D eigenvalue weighted by Crippen LogP contribution is 2.27. The van der Waals surface area contributed by atoms with Crippen LogP contribution in [0.3, 0.4) is 0 Å². The fourth-order valence-corrected chi connectivity index (χ4v) is 3.14. The Morgan fingerprint density at radius 1 is 1.58 bits per heavy atom. The van der Waals surface area contributed by atoms with E-state index in [2.05, 4.69) is 22.5 Å². The third-order valence-electron chi connectivity index (χ3n) is 3.59. The summed E-state index contributed by atoms with van der Waals surface area (Å²) in [5, 5.41) is 5.31. The Labute approximate surface area is 123 Å². The zero-order chi connectivity index (χ0) is 13.8. The van der Waals surface area contributed by atoms with Crippen LogP contribution in [0.25, 0.3) is 0 Å². The molecule has 4 nitrogen and oxygen atoms in total. The van der Waals surface area contributed by atoms with E-state index in [-0.39, 0.29) is 11.9 Å². The maximum Gasteiger partial charge on any atom is 0.236 e. The van der Waals surface area contributed by atoms with Gasteiger partial charge in [-0.1, -0.05) is 11.6 Å². The Hall–Kier alpha value is -0.620. The molecule has 0 spiro atoms. The summed E-state index contributed by atoms with van der Waals surface area (Å²) in [7, 11) is 1.98. The Morgan fingerprint density at radius 2 is 2.26 bits per heavy atom. The van der Waals surface area contributed by atoms with Crippen LogP contribution >= 0.6 is 22.9 Å². The van der Waals surface area contributed by atoms with Gasteiger partial charge in [-0.15, -0.1) is 11.3 Å². The SMILES string of the molecule is CC(c1csc(Cl)c1)N(C)CC(=O)N1CCNCC1. The molecule has 1 aromatic heterocycles. The van der Waals surface area contributed by atoms with Crippen molar-refractivity contribution >= 4 is 28.8 Å². The van der Waals surface area contributed by atoms with Crippen LogP contribution in [-0.2, 0) is 4.79 Å². The first-order chi connectivity index (χ1) is 9.08. The van der Waals surface area contributed by atoms with Gasteiger partial charge in [0.15, 0.2) is 0 Å². The van der Waals surface area contributed by atoms with Gasteiger partial charge in [-0.05, 0) is 31.0 Å². The molecule has 1 aliphatic heterocycles. The fourth-order valence-electron chi connectivity index (χ4n) is 2.16. The standard InChI is InChI=1S/C13H20ClN3OS/c1-10(11-7-12(14)19-9-11)16(2)8-13(18)17-5-3-15-4-6-17/h7,9-10,15H,3-6,8H2,1-2H3. The van der Waals surface area contributed by atoms with Crippen LogP contribution in [0.15, 0.2) is 11.4 Å². The highest BCUT2D eigenvalue weighted by molar-refractivity contribution is 7.14. The number of rotatable bonds is 4. The smallest absolute Gasteiger partial charge is 0.236 e. The molecule has 1 aromatic rings. The van der Waals surface area contributed by atoms with Crippen LogP contribution < -0.4 is 5.32 Å². The maximum atomic E-state index is 12.2. The van der Waals surface area contributed by atoms with Crippen molar-refractivity contribution < 1.29 is 4.79 Å². The first-order valence-corrected chi connectivity index (χ1v) is 7.76. The van der Waals surface area contributed by atoms with Crippen molar-refractivity contribution in [3.05, 3.63) is 21.3 Å². The van der Waals surface area contributed by atoms with E-state index in [9.17, 15) is 4.79 Å². The molecule has 6 heteroatoms. The molecule has 1 amide bonds. The zero-order valence-corrected chi connectivity index (χ0v) is 12.9. The van der Waals surface area contributed by atoms with Gasteiger partial charge in [0.25, 0.3) is 0 Å². The monoisotopic (exact) mass is 301 g/mol. The van der Waals surface area contributed by atoms with E-state index in [1.165, 1.54) is 16.9 Å². The van der Waals surface area contributed by atoms with Gasteiger partial charge in [0.05, 0.1) is 10.9 Å². The van der Waals surface area contributed by atoms with E-state index in [0.717, 1.165) is 30.5 Å². The molecule has 2 heterocycles. The van der Waals surface area contributed by atoms with Crippen LogP contribution in [0.2, 0.25) is 4.34 Å². The highest BCUT2D eigenvalue weighted by atomic mass is 35.5. The summed E-state index contributed by atoms with van der Waals surface area (Å²) < 4.78 is 0.795. The molecule has 0 bridgehead atoms. The molecule has 2 rings (SSSR count). The fraction of sp³-hybridized carbons (Fsp3) is 0.615. The number of likely N-dealkylation sites (N-methyl/N-ethyl adjacent to an activating group) is 1. The first kappa shape index (κ1) is 14.8. The molecule has 1 aliphatic rings. The number of carbonyl (C=O) groups excluding carboxylic acids is 1. The highest BCUT2D eigenvalue weighted by Gasteiger charge is 2.21. The lowest BCUT2D eigenvalue weighted by Gasteiger charge is -2.31. The average Bonchev–Trinajstić information content (AvgIpc) is 2.85. The summed E-state index contributed by atoms with van der Waals surface area (Å²) in [5.74, 6) is 0.206. The number of halogens is 1. The van der Waals surface area contributed by atoms with E-state index in [0.29, 0.717) is 6.54 Å². The summed E-state index contributed by atoms with van der Waals surface area (Å²) >= 11 is 7.49.